The van der Waals surface area contributed by atoms with Crippen molar-refractivity contribution in [3.63, 3.8) is 0 Å². The molecule has 0 radical (unpaired) electrons. The van der Waals surface area contributed by atoms with Gasteiger partial charge in [0.2, 0.25) is 11.6 Å². The molecule has 10 heteroatoms. The fourth-order valence-electron chi connectivity index (χ4n) is 5.68. The topological polar surface area (TPSA) is 128 Å². The van der Waals surface area contributed by atoms with Crippen LogP contribution in [0.25, 0.3) is 22.3 Å². The van der Waals surface area contributed by atoms with Crippen molar-refractivity contribution in [2.75, 3.05) is 0 Å². The zero-order valence-corrected chi connectivity index (χ0v) is 26.9. The molecular weight excluding hydrogens is 645 g/mol. The van der Waals surface area contributed by atoms with E-state index in [-0.39, 0.29) is 43.7 Å². The van der Waals surface area contributed by atoms with Gasteiger partial charge in [-0.1, -0.05) is 109 Å². The maximum absolute atomic E-state index is 13.8. The Bertz CT molecular complexity index is 2260. The van der Waals surface area contributed by atoms with E-state index in [4.69, 9.17) is 0 Å². The second-order valence-corrected chi connectivity index (χ2v) is 15.3. The van der Waals surface area contributed by atoms with Gasteiger partial charge in [0.15, 0.2) is 19.7 Å². The van der Waals surface area contributed by atoms with Gasteiger partial charge in [-0.2, -0.15) is 0 Å². The van der Waals surface area contributed by atoms with Crippen LogP contribution in [0, 0.1) is 0 Å². The van der Waals surface area contributed by atoms with E-state index in [9.17, 15) is 26.4 Å². The molecule has 48 heavy (non-hydrogen) atoms. The first-order valence-corrected chi connectivity index (χ1v) is 18.3. The quantitative estimate of drug-likeness (QED) is 0.179. The van der Waals surface area contributed by atoms with Gasteiger partial charge in [0.05, 0.1) is 32.7 Å². The summed E-state index contributed by atoms with van der Waals surface area (Å²) < 4.78 is 55.0. The number of aromatic nitrogens is 2. The van der Waals surface area contributed by atoms with Crippen molar-refractivity contribution in [3.05, 3.63) is 167 Å². The molecule has 0 fully saturated rings. The number of hydrogen-bond acceptors (Lipinski definition) is 8. The Hall–Kier alpha value is -5.58. The Labute approximate surface area is 277 Å². The van der Waals surface area contributed by atoms with E-state index < -0.39 is 42.7 Å². The predicted octanol–water partition coefficient (Wildman–Crippen LogP) is 6.53. The molecule has 0 spiro atoms. The third-order valence-corrected chi connectivity index (χ3v) is 11.5. The molecule has 1 aliphatic rings. The van der Waals surface area contributed by atoms with E-state index >= 15 is 0 Å². The van der Waals surface area contributed by atoms with Gasteiger partial charge in [-0.05, 0) is 46.5 Å². The minimum atomic E-state index is -4.10. The van der Waals surface area contributed by atoms with Crippen molar-refractivity contribution in [1.82, 2.24) is 9.97 Å². The highest BCUT2D eigenvalue weighted by molar-refractivity contribution is 7.91. The summed E-state index contributed by atoms with van der Waals surface area (Å²) in [5.41, 5.74) is 2.64. The number of rotatable bonds is 8. The van der Waals surface area contributed by atoms with Crippen molar-refractivity contribution >= 4 is 31.2 Å². The number of benzene rings is 5. The summed E-state index contributed by atoms with van der Waals surface area (Å²) in [5.74, 6) is -2.66. The molecule has 6 aromatic rings. The number of ketones is 2. The predicted molar refractivity (Wildman–Crippen MR) is 181 cm³/mol. The largest absolute Gasteiger partial charge is 0.287 e. The molecule has 0 saturated carbocycles. The number of hydrogen-bond donors (Lipinski definition) is 0. The van der Waals surface area contributed by atoms with Gasteiger partial charge in [-0.15, -0.1) is 0 Å². The van der Waals surface area contributed by atoms with Gasteiger partial charge in [0, 0.05) is 11.1 Å². The van der Waals surface area contributed by atoms with Gasteiger partial charge in [0.1, 0.15) is 11.4 Å². The highest BCUT2D eigenvalue weighted by Gasteiger charge is 2.35. The Balaban J connectivity index is 1.28. The molecule has 0 bridgehead atoms. The number of sulfone groups is 2. The lowest BCUT2D eigenvalue weighted by Crippen LogP contribution is -2.27. The van der Waals surface area contributed by atoms with E-state index in [1.807, 2.05) is 60.7 Å². The van der Waals surface area contributed by atoms with Gasteiger partial charge in [0.25, 0.3) is 0 Å². The fraction of sp³-hybridized carbons (Fsp3) is 0.0526. The number of carbonyl (C=O) groups is 2. The van der Waals surface area contributed by atoms with Crippen LogP contribution >= 0.6 is 0 Å². The average Bonchev–Trinajstić information content (AvgIpc) is 3.12. The maximum Gasteiger partial charge on any atom is 0.214 e. The highest BCUT2D eigenvalue weighted by atomic mass is 32.2. The fourth-order valence-corrected chi connectivity index (χ4v) is 8.30. The molecule has 236 valence electrons. The van der Waals surface area contributed by atoms with E-state index in [1.165, 1.54) is 36.4 Å². The van der Waals surface area contributed by atoms with Crippen molar-refractivity contribution < 1.29 is 26.4 Å². The maximum atomic E-state index is 13.8. The second-order valence-electron chi connectivity index (χ2n) is 11.3. The summed E-state index contributed by atoms with van der Waals surface area (Å²) in [6.45, 7) is 0. The molecule has 0 saturated heterocycles. The third-order valence-electron chi connectivity index (χ3n) is 8.19. The smallest absolute Gasteiger partial charge is 0.214 e. The molecule has 8 nitrogen and oxygen atoms in total. The molecular formula is C38H26N2O6S2. The summed E-state index contributed by atoms with van der Waals surface area (Å²) in [6, 6.07) is 37.7. The summed E-state index contributed by atoms with van der Waals surface area (Å²) in [6.07, 6.45) is 0. The molecule has 7 rings (SSSR count). The van der Waals surface area contributed by atoms with Crippen molar-refractivity contribution in [2.24, 2.45) is 0 Å². The van der Waals surface area contributed by atoms with Crippen LogP contribution in [0.5, 0.6) is 0 Å². The van der Waals surface area contributed by atoms with Gasteiger partial charge in [-0.3, -0.25) is 9.59 Å². The van der Waals surface area contributed by atoms with Gasteiger partial charge >= 0.3 is 0 Å². The monoisotopic (exact) mass is 670 g/mol. The van der Waals surface area contributed by atoms with Crippen LogP contribution in [0.1, 0.15) is 43.5 Å². The first-order valence-electron chi connectivity index (χ1n) is 15.0. The van der Waals surface area contributed by atoms with E-state index in [2.05, 4.69) is 9.97 Å². The van der Waals surface area contributed by atoms with E-state index in [0.717, 1.165) is 22.3 Å². The molecule has 1 heterocycles. The van der Waals surface area contributed by atoms with Crippen molar-refractivity contribution in [2.45, 2.75) is 21.3 Å². The van der Waals surface area contributed by atoms with Crippen LogP contribution in [0.2, 0.25) is 0 Å². The zero-order valence-electron chi connectivity index (χ0n) is 25.3. The summed E-state index contributed by atoms with van der Waals surface area (Å²) in [7, 11) is -8.21. The van der Waals surface area contributed by atoms with Crippen LogP contribution in [0.15, 0.2) is 143 Å². The molecule has 1 aromatic heterocycles. The highest BCUT2D eigenvalue weighted by Crippen LogP contribution is 2.30. The standard InChI is InChI=1S/C38H26N2O6S2/c41-37-31-13-7-8-14-32(31)38(42)36-35(37)39-33(23-47(43,44)29-19-15-27(16-20-29)25-9-3-1-4-10-25)34(40-36)24-48(45,46)30-21-17-28(18-22-30)26-11-5-2-6-12-26/h1-22H,23-24H2. The summed E-state index contributed by atoms with van der Waals surface area (Å²) >= 11 is 0. The Kier molecular flexibility index (Phi) is 7.90. The van der Waals surface area contributed by atoms with Crippen LogP contribution in [-0.4, -0.2) is 38.4 Å². The zero-order chi connectivity index (χ0) is 33.5. The molecule has 0 N–H and O–H groups in total. The van der Waals surface area contributed by atoms with Crippen LogP contribution in [0.4, 0.5) is 0 Å². The number of nitrogens with zero attached hydrogens (tertiary/aromatic N) is 2. The summed E-state index contributed by atoms with van der Waals surface area (Å²) in [5, 5.41) is 0. The molecule has 0 unspecified atom stereocenters. The second kappa shape index (κ2) is 12.2. The van der Waals surface area contributed by atoms with Gasteiger partial charge < -0.3 is 0 Å². The minimum Gasteiger partial charge on any atom is -0.287 e. The molecule has 0 amide bonds. The number of carbonyl (C=O) groups excluding carboxylic acids is 2. The lowest BCUT2D eigenvalue weighted by atomic mass is 9.89. The molecule has 0 aliphatic heterocycles. The third kappa shape index (κ3) is 5.87. The van der Waals surface area contributed by atoms with Crippen LogP contribution < -0.4 is 0 Å². The SMILES string of the molecule is O=C1c2ccccc2C(=O)c2nc(CS(=O)(=O)c3ccc(-c4ccccc4)cc3)c(CS(=O)(=O)c3ccc(-c4ccccc4)cc3)nc21. The lowest BCUT2D eigenvalue weighted by Gasteiger charge is -2.19. The summed E-state index contributed by atoms with van der Waals surface area (Å²) in [4.78, 5) is 35.6. The number of fused-ring (bicyclic) bond motifs is 2. The van der Waals surface area contributed by atoms with Crippen LogP contribution in [0.3, 0.4) is 0 Å². The molecule has 5 aromatic carbocycles. The normalized spacial score (nSPS) is 12.8. The van der Waals surface area contributed by atoms with Crippen LogP contribution in [-0.2, 0) is 31.2 Å². The Morgan fingerprint density at radius 2 is 0.708 bits per heavy atom. The van der Waals surface area contributed by atoms with E-state index in [1.54, 1.807) is 36.4 Å². The molecule has 1 aliphatic carbocycles. The first-order chi connectivity index (χ1) is 23.1. The minimum absolute atomic E-state index is 0.0141. The average molecular weight is 671 g/mol. The van der Waals surface area contributed by atoms with Gasteiger partial charge in [-0.25, -0.2) is 26.8 Å². The van der Waals surface area contributed by atoms with E-state index in [0.29, 0.717) is 0 Å². The van der Waals surface area contributed by atoms with Crippen molar-refractivity contribution in [1.29, 1.82) is 0 Å². The first kappa shape index (κ1) is 31.0. The molecule has 0 atom stereocenters. The Morgan fingerprint density at radius 1 is 0.396 bits per heavy atom. The van der Waals surface area contributed by atoms with Crippen molar-refractivity contribution in [3.8, 4) is 22.3 Å². The Morgan fingerprint density at radius 3 is 1.06 bits per heavy atom. The lowest BCUT2D eigenvalue weighted by molar-refractivity contribution is 0.0971.